The number of rotatable bonds is 4. The third-order valence-electron chi connectivity index (χ3n) is 3.56. The minimum absolute atomic E-state index is 0.00875. The van der Waals surface area contributed by atoms with Crippen LogP contribution in [0.5, 0.6) is 0 Å². The Bertz CT molecular complexity index is 286. The van der Waals surface area contributed by atoms with Crippen molar-refractivity contribution >= 4 is 6.29 Å². The van der Waals surface area contributed by atoms with Crippen molar-refractivity contribution in [3.8, 4) is 0 Å². The van der Waals surface area contributed by atoms with Gasteiger partial charge in [-0.25, -0.2) is 0 Å². The summed E-state index contributed by atoms with van der Waals surface area (Å²) in [5.74, 6) is 0. The lowest BCUT2D eigenvalue weighted by atomic mass is 9.63. The minimum Gasteiger partial charge on any atom is -0.299 e. The highest BCUT2D eigenvalue weighted by Gasteiger charge is 2.36. The standard InChI is InChI=1S/C14H24O/c1-11(2)10-13(4,5)14(6,7)12(3)8-9-15/h8-10H,1-7H3/b12-8+. The molecule has 0 aliphatic heterocycles. The van der Waals surface area contributed by atoms with Gasteiger partial charge in [0.25, 0.3) is 0 Å². The van der Waals surface area contributed by atoms with Crippen molar-refractivity contribution in [2.75, 3.05) is 0 Å². The van der Waals surface area contributed by atoms with E-state index in [0.717, 1.165) is 11.9 Å². The summed E-state index contributed by atoms with van der Waals surface area (Å²) in [5, 5.41) is 0. The van der Waals surface area contributed by atoms with E-state index in [1.54, 1.807) is 6.08 Å². The molecular formula is C14H24O. The van der Waals surface area contributed by atoms with Gasteiger partial charge in [0.05, 0.1) is 0 Å². The lowest BCUT2D eigenvalue weighted by Gasteiger charge is -2.41. The number of carbonyl (C=O) groups excluding carboxylic acids is 1. The Labute approximate surface area is 94.3 Å². The maximum atomic E-state index is 10.5. The number of hydrogen-bond acceptors (Lipinski definition) is 1. The van der Waals surface area contributed by atoms with Gasteiger partial charge >= 0.3 is 0 Å². The molecule has 0 fully saturated rings. The van der Waals surface area contributed by atoms with Crippen LogP contribution in [-0.2, 0) is 4.79 Å². The van der Waals surface area contributed by atoms with Crippen LogP contribution >= 0.6 is 0 Å². The first-order valence-electron chi connectivity index (χ1n) is 5.44. The molecule has 0 heterocycles. The zero-order chi connectivity index (χ0) is 12.3. The first-order chi connectivity index (χ1) is 6.65. The maximum Gasteiger partial charge on any atom is 0.142 e. The lowest BCUT2D eigenvalue weighted by molar-refractivity contribution is -0.104. The summed E-state index contributed by atoms with van der Waals surface area (Å²) < 4.78 is 0. The predicted octanol–water partition coefficient (Wildman–Crippen LogP) is 4.15. The Balaban J connectivity index is 5.26. The molecule has 0 saturated heterocycles. The van der Waals surface area contributed by atoms with Crippen LogP contribution in [0.4, 0.5) is 0 Å². The smallest absolute Gasteiger partial charge is 0.142 e. The Morgan fingerprint density at radius 3 is 1.80 bits per heavy atom. The Kier molecular flexibility index (Phi) is 4.51. The van der Waals surface area contributed by atoms with Crippen LogP contribution in [0.25, 0.3) is 0 Å². The van der Waals surface area contributed by atoms with Gasteiger partial charge in [-0.05, 0) is 37.7 Å². The van der Waals surface area contributed by atoms with Gasteiger partial charge in [-0.1, -0.05) is 44.9 Å². The Morgan fingerprint density at radius 1 is 1.00 bits per heavy atom. The summed E-state index contributed by atoms with van der Waals surface area (Å²) in [4.78, 5) is 10.5. The summed E-state index contributed by atoms with van der Waals surface area (Å²) >= 11 is 0. The molecule has 0 aromatic rings. The zero-order valence-corrected chi connectivity index (χ0v) is 11.1. The fourth-order valence-corrected chi connectivity index (χ4v) is 1.72. The molecule has 0 aromatic heterocycles. The second kappa shape index (κ2) is 4.78. The van der Waals surface area contributed by atoms with E-state index in [4.69, 9.17) is 0 Å². The van der Waals surface area contributed by atoms with Crippen LogP contribution in [0.1, 0.15) is 48.5 Å². The quantitative estimate of drug-likeness (QED) is 0.385. The van der Waals surface area contributed by atoms with Gasteiger partial charge in [0.2, 0.25) is 0 Å². The number of carbonyl (C=O) groups is 1. The summed E-state index contributed by atoms with van der Waals surface area (Å²) in [6.45, 7) is 15.0. The van der Waals surface area contributed by atoms with E-state index >= 15 is 0 Å². The third-order valence-corrected chi connectivity index (χ3v) is 3.56. The fourth-order valence-electron chi connectivity index (χ4n) is 1.72. The molecule has 15 heavy (non-hydrogen) atoms. The van der Waals surface area contributed by atoms with E-state index in [0.29, 0.717) is 0 Å². The van der Waals surface area contributed by atoms with E-state index in [1.807, 2.05) is 6.92 Å². The first kappa shape index (κ1) is 14.2. The van der Waals surface area contributed by atoms with Crippen LogP contribution < -0.4 is 0 Å². The van der Waals surface area contributed by atoms with Crippen LogP contribution in [-0.4, -0.2) is 6.29 Å². The zero-order valence-electron chi connectivity index (χ0n) is 11.1. The van der Waals surface area contributed by atoms with Gasteiger partial charge in [0.1, 0.15) is 6.29 Å². The van der Waals surface area contributed by atoms with Crippen LogP contribution in [0.2, 0.25) is 0 Å². The van der Waals surface area contributed by atoms with Crippen molar-refractivity contribution in [2.45, 2.75) is 48.5 Å². The van der Waals surface area contributed by atoms with Crippen LogP contribution in [0.3, 0.4) is 0 Å². The van der Waals surface area contributed by atoms with Crippen molar-refractivity contribution < 1.29 is 4.79 Å². The minimum atomic E-state index is -0.00875. The van der Waals surface area contributed by atoms with E-state index in [2.05, 4.69) is 47.6 Å². The van der Waals surface area contributed by atoms with Gasteiger partial charge in [-0.2, -0.15) is 0 Å². The second-order valence-electron chi connectivity index (χ2n) is 5.55. The monoisotopic (exact) mass is 208 g/mol. The highest BCUT2D eigenvalue weighted by molar-refractivity contribution is 5.66. The largest absolute Gasteiger partial charge is 0.299 e. The molecule has 0 aliphatic rings. The van der Waals surface area contributed by atoms with Crippen LogP contribution in [0.15, 0.2) is 23.3 Å². The van der Waals surface area contributed by atoms with E-state index in [9.17, 15) is 4.79 Å². The van der Waals surface area contributed by atoms with Gasteiger partial charge in [0, 0.05) is 0 Å². The molecule has 1 nitrogen and oxygen atoms in total. The summed E-state index contributed by atoms with van der Waals surface area (Å²) in [7, 11) is 0. The molecule has 0 amide bonds. The van der Waals surface area contributed by atoms with Crippen molar-refractivity contribution in [3.05, 3.63) is 23.3 Å². The van der Waals surface area contributed by atoms with Gasteiger partial charge in [-0.15, -0.1) is 0 Å². The molecule has 0 aliphatic carbocycles. The number of hydrogen-bond donors (Lipinski definition) is 0. The van der Waals surface area contributed by atoms with Crippen molar-refractivity contribution in [1.29, 1.82) is 0 Å². The third kappa shape index (κ3) is 3.33. The molecule has 0 bridgehead atoms. The average Bonchev–Trinajstić information content (AvgIpc) is 2.01. The SMILES string of the molecule is CC(C)=CC(C)(C)C(C)(C)/C(C)=C/C=O. The molecule has 0 N–H and O–H groups in total. The molecular weight excluding hydrogens is 184 g/mol. The van der Waals surface area contributed by atoms with Gasteiger partial charge in [0.15, 0.2) is 0 Å². The molecule has 0 radical (unpaired) electrons. The molecule has 1 heteroatoms. The van der Waals surface area contributed by atoms with Gasteiger partial charge < -0.3 is 0 Å². The van der Waals surface area contributed by atoms with Gasteiger partial charge in [-0.3, -0.25) is 4.79 Å². The topological polar surface area (TPSA) is 17.1 Å². The molecule has 86 valence electrons. The Morgan fingerprint density at radius 2 is 1.47 bits per heavy atom. The second-order valence-corrected chi connectivity index (χ2v) is 5.55. The van der Waals surface area contributed by atoms with Crippen molar-refractivity contribution in [2.24, 2.45) is 10.8 Å². The molecule has 0 saturated carbocycles. The lowest BCUT2D eigenvalue weighted by Crippen LogP contribution is -2.32. The van der Waals surface area contributed by atoms with Crippen molar-refractivity contribution in [1.82, 2.24) is 0 Å². The van der Waals surface area contributed by atoms with Crippen molar-refractivity contribution in [3.63, 3.8) is 0 Å². The number of aldehydes is 1. The summed E-state index contributed by atoms with van der Waals surface area (Å²) in [5.41, 5.74) is 2.48. The predicted molar refractivity (Wildman–Crippen MR) is 66.8 cm³/mol. The van der Waals surface area contributed by atoms with E-state index in [1.165, 1.54) is 5.57 Å². The first-order valence-corrected chi connectivity index (χ1v) is 5.44. The molecule has 0 spiro atoms. The Hall–Kier alpha value is -0.850. The molecule has 0 atom stereocenters. The van der Waals surface area contributed by atoms with Crippen LogP contribution in [0, 0.1) is 10.8 Å². The highest BCUT2D eigenvalue weighted by atomic mass is 16.1. The average molecular weight is 208 g/mol. The normalized spacial score (nSPS) is 13.7. The highest BCUT2D eigenvalue weighted by Crippen LogP contribution is 2.45. The summed E-state index contributed by atoms with van der Waals surface area (Å²) in [6, 6.07) is 0. The molecule has 0 aromatic carbocycles. The molecule has 0 rings (SSSR count). The maximum absolute atomic E-state index is 10.5. The summed E-state index contributed by atoms with van der Waals surface area (Å²) in [6.07, 6.45) is 4.81. The molecule has 0 unspecified atom stereocenters. The fraction of sp³-hybridized carbons (Fsp3) is 0.643. The number of allylic oxidation sites excluding steroid dienone is 4. The van der Waals surface area contributed by atoms with E-state index < -0.39 is 0 Å². The van der Waals surface area contributed by atoms with E-state index in [-0.39, 0.29) is 10.8 Å².